The molecule has 180 valence electrons. The van der Waals surface area contributed by atoms with E-state index in [0.29, 0.717) is 25.9 Å². The molecule has 0 radical (unpaired) electrons. The lowest BCUT2D eigenvalue weighted by Crippen LogP contribution is -2.37. The van der Waals surface area contributed by atoms with E-state index in [1.165, 1.54) is 0 Å². The Labute approximate surface area is 202 Å². The van der Waals surface area contributed by atoms with Crippen molar-refractivity contribution >= 4 is 22.6 Å². The molecule has 34 heavy (non-hydrogen) atoms. The highest BCUT2D eigenvalue weighted by Gasteiger charge is 2.24. The minimum absolute atomic E-state index is 0.0914. The van der Waals surface area contributed by atoms with Crippen molar-refractivity contribution in [1.82, 2.24) is 9.88 Å². The lowest BCUT2D eigenvalue weighted by atomic mass is 10.1. The van der Waals surface area contributed by atoms with Gasteiger partial charge in [-0.25, -0.2) is 4.98 Å². The van der Waals surface area contributed by atoms with Crippen LogP contribution in [0.3, 0.4) is 0 Å². The molecule has 1 fully saturated rings. The van der Waals surface area contributed by atoms with Crippen molar-refractivity contribution in [3.05, 3.63) is 65.2 Å². The molecule has 2 aromatic carbocycles. The average Bonchev–Trinajstić information content (AvgIpc) is 3.35. The third kappa shape index (κ3) is 5.50. The molecule has 0 aliphatic carbocycles. The third-order valence-electron chi connectivity index (χ3n) is 6.49. The molecule has 1 aliphatic heterocycles. The van der Waals surface area contributed by atoms with Crippen molar-refractivity contribution in [3.8, 4) is 5.75 Å². The molecule has 1 atom stereocenters. The summed E-state index contributed by atoms with van der Waals surface area (Å²) in [7, 11) is 5.68. The molecule has 0 saturated carbocycles. The topological polar surface area (TPSA) is 54.9 Å². The Bertz CT molecular complexity index is 1140. The smallest absolute Gasteiger partial charge is 0.223 e. The number of carbonyl (C=O) groups excluding carboxylic acids is 1. The van der Waals surface area contributed by atoms with Gasteiger partial charge in [0.2, 0.25) is 5.91 Å². The van der Waals surface area contributed by atoms with Gasteiger partial charge in [-0.15, -0.1) is 0 Å². The number of pyridine rings is 1. The first-order chi connectivity index (χ1) is 16.5. The van der Waals surface area contributed by atoms with Gasteiger partial charge in [0, 0.05) is 51.2 Å². The predicted molar refractivity (Wildman–Crippen MR) is 137 cm³/mol. The number of fused-ring (bicyclic) bond motifs is 1. The van der Waals surface area contributed by atoms with Crippen LogP contribution in [0.5, 0.6) is 5.75 Å². The van der Waals surface area contributed by atoms with Gasteiger partial charge < -0.3 is 19.3 Å². The maximum atomic E-state index is 13.5. The summed E-state index contributed by atoms with van der Waals surface area (Å²) < 4.78 is 11.4. The lowest BCUT2D eigenvalue weighted by Gasteiger charge is -2.28. The zero-order valence-electron chi connectivity index (χ0n) is 20.7. The third-order valence-corrected chi connectivity index (χ3v) is 6.49. The number of aromatic nitrogens is 1. The van der Waals surface area contributed by atoms with E-state index in [9.17, 15) is 4.79 Å². The van der Waals surface area contributed by atoms with E-state index in [-0.39, 0.29) is 12.0 Å². The summed E-state index contributed by atoms with van der Waals surface area (Å²) in [5.41, 5.74) is 4.25. The number of benzene rings is 2. The number of rotatable bonds is 9. The van der Waals surface area contributed by atoms with Gasteiger partial charge in [-0.05, 0) is 49.4 Å². The van der Waals surface area contributed by atoms with Gasteiger partial charge in [-0.3, -0.25) is 4.79 Å². The lowest BCUT2D eigenvalue weighted by molar-refractivity contribution is -0.133. The van der Waals surface area contributed by atoms with Crippen LogP contribution in [0.2, 0.25) is 0 Å². The van der Waals surface area contributed by atoms with Crippen LogP contribution in [-0.2, 0) is 22.5 Å². The Kier molecular flexibility index (Phi) is 7.68. The fraction of sp³-hybridized carbons (Fsp3) is 0.429. The van der Waals surface area contributed by atoms with Gasteiger partial charge in [-0.2, -0.15) is 0 Å². The zero-order chi connectivity index (χ0) is 24.1. The first-order valence-corrected chi connectivity index (χ1v) is 12.0. The maximum absolute atomic E-state index is 13.5. The summed E-state index contributed by atoms with van der Waals surface area (Å²) in [6.07, 6.45) is 3.19. The second kappa shape index (κ2) is 10.9. The van der Waals surface area contributed by atoms with Crippen LogP contribution in [0.1, 0.15) is 36.0 Å². The number of methoxy groups -OCH3 is 1. The standard InChI is InChI=1S/C28H35N3O3/c1-20-9-7-11-22-17-23(28(30(2)3)29-27(20)22)18-31(19-24-12-8-16-34-24)26(32)15-14-21-10-5-6-13-25(21)33-4/h5-7,9-11,13,17,24H,8,12,14-16,18-19H2,1-4H3/t24-/m0/s1. The van der Waals surface area contributed by atoms with E-state index in [1.54, 1.807) is 7.11 Å². The summed E-state index contributed by atoms with van der Waals surface area (Å²) in [5.74, 6) is 1.84. The number of amides is 1. The average molecular weight is 462 g/mol. The highest BCUT2D eigenvalue weighted by Crippen LogP contribution is 2.27. The van der Waals surface area contributed by atoms with Gasteiger partial charge in [0.15, 0.2) is 0 Å². The molecular formula is C28H35N3O3. The highest BCUT2D eigenvalue weighted by molar-refractivity contribution is 5.85. The van der Waals surface area contributed by atoms with Crippen molar-refractivity contribution in [1.29, 1.82) is 0 Å². The number of nitrogens with zero attached hydrogens (tertiary/aromatic N) is 3. The molecular weight excluding hydrogens is 426 g/mol. The van der Waals surface area contributed by atoms with E-state index < -0.39 is 0 Å². The normalized spacial score (nSPS) is 15.5. The van der Waals surface area contributed by atoms with E-state index in [2.05, 4.69) is 31.2 Å². The molecule has 0 N–H and O–H groups in total. The molecule has 0 bridgehead atoms. The second-order valence-electron chi connectivity index (χ2n) is 9.23. The van der Waals surface area contributed by atoms with Crippen LogP contribution in [0, 0.1) is 6.92 Å². The number of anilines is 1. The van der Waals surface area contributed by atoms with Crippen LogP contribution in [-0.4, -0.2) is 56.3 Å². The molecule has 6 heteroatoms. The van der Waals surface area contributed by atoms with Crippen molar-refractivity contribution in [3.63, 3.8) is 0 Å². The van der Waals surface area contributed by atoms with Gasteiger partial charge >= 0.3 is 0 Å². The molecule has 0 unspecified atom stereocenters. The monoisotopic (exact) mass is 461 g/mol. The highest BCUT2D eigenvalue weighted by atomic mass is 16.5. The Morgan fingerprint density at radius 3 is 2.71 bits per heavy atom. The number of para-hydroxylation sites is 2. The summed E-state index contributed by atoms with van der Waals surface area (Å²) in [6.45, 7) is 3.96. The van der Waals surface area contributed by atoms with Crippen molar-refractivity contribution < 1.29 is 14.3 Å². The zero-order valence-corrected chi connectivity index (χ0v) is 20.7. The van der Waals surface area contributed by atoms with Crippen molar-refractivity contribution in [2.45, 2.75) is 45.3 Å². The van der Waals surface area contributed by atoms with E-state index >= 15 is 0 Å². The fourth-order valence-corrected chi connectivity index (χ4v) is 4.69. The number of aryl methyl sites for hydroxylation is 2. The van der Waals surface area contributed by atoms with E-state index in [0.717, 1.165) is 58.6 Å². The predicted octanol–water partition coefficient (Wildman–Crippen LogP) is 4.76. The number of ether oxygens (including phenoxy) is 2. The largest absolute Gasteiger partial charge is 0.496 e. The molecule has 1 saturated heterocycles. The molecule has 2 heterocycles. The summed E-state index contributed by atoms with van der Waals surface area (Å²) in [5, 5.41) is 1.10. The summed E-state index contributed by atoms with van der Waals surface area (Å²) in [4.78, 5) is 22.5. The first kappa shape index (κ1) is 24.0. The van der Waals surface area contributed by atoms with Crippen LogP contribution < -0.4 is 9.64 Å². The van der Waals surface area contributed by atoms with Gasteiger partial charge in [0.1, 0.15) is 11.6 Å². The Balaban J connectivity index is 1.60. The fourth-order valence-electron chi connectivity index (χ4n) is 4.69. The minimum atomic E-state index is 0.0914. The SMILES string of the molecule is COc1ccccc1CCC(=O)N(Cc1cc2cccc(C)c2nc1N(C)C)C[C@@H]1CCCO1. The molecule has 0 spiro atoms. The molecule has 4 rings (SSSR count). The van der Waals surface area contributed by atoms with Crippen LogP contribution in [0.15, 0.2) is 48.5 Å². The first-order valence-electron chi connectivity index (χ1n) is 12.0. The van der Waals surface area contributed by atoms with Crippen LogP contribution in [0.4, 0.5) is 5.82 Å². The van der Waals surface area contributed by atoms with Gasteiger partial charge in [0.05, 0.1) is 18.7 Å². The Morgan fingerprint density at radius 2 is 1.97 bits per heavy atom. The van der Waals surface area contributed by atoms with E-state index in [1.807, 2.05) is 48.2 Å². The summed E-state index contributed by atoms with van der Waals surface area (Å²) in [6, 6.07) is 16.3. The van der Waals surface area contributed by atoms with Crippen molar-refractivity contribution in [2.75, 3.05) is 39.3 Å². The number of hydrogen-bond donors (Lipinski definition) is 0. The second-order valence-corrected chi connectivity index (χ2v) is 9.23. The summed E-state index contributed by atoms with van der Waals surface area (Å²) >= 11 is 0. The number of hydrogen-bond acceptors (Lipinski definition) is 5. The maximum Gasteiger partial charge on any atom is 0.223 e. The van der Waals surface area contributed by atoms with Gasteiger partial charge in [0.25, 0.3) is 0 Å². The Morgan fingerprint density at radius 1 is 1.15 bits per heavy atom. The molecule has 1 amide bonds. The quantitative estimate of drug-likeness (QED) is 0.460. The molecule has 3 aromatic rings. The number of carbonyl (C=O) groups is 1. The molecule has 1 aromatic heterocycles. The molecule has 6 nitrogen and oxygen atoms in total. The van der Waals surface area contributed by atoms with Gasteiger partial charge in [-0.1, -0.05) is 36.4 Å². The van der Waals surface area contributed by atoms with E-state index in [4.69, 9.17) is 14.5 Å². The van der Waals surface area contributed by atoms with Crippen LogP contribution >= 0.6 is 0 Å². The molecule has 1 aliphatic rings. The minimum Gasteiger partial charge on any atom is -0.496 e. The Hall–Kier alpha value is -3.12. The van der Waals surface area contributed by atoms with Crippen LogP contribution in [0.25, 0.3) is 10.9 Å². The van der Waals surface area contributed by atoms with Crippen molar-refractivity contribution in [2.24, 2.45) is 0 Å².